The molecule has 0 aromatic heterocycles. The van der Waals surface area contributed by atoms with Crippen molar-refractivity contribution in [1.82, 2.24) is 0 Å². The highest BCUT2D eigenvalue weighted by molar-refractivity contribution is 5.85. The third-order valence-electron chi connectivity index (χ3n) is 2.98. The van der Waals surface area contributed by atoms with E-state index in [4.69, 9.17) is 5.73 Å². The zero-order valence-corrected chi connectivity index (χ0v) is 13.2. The highest BCUT2D eigenvalue weighted by Gasteiger charge is 2.44. The Bertz CT molecular complexity index is 480. The molecule has 0 fully saturated rings. The minimum absolute atomic E-state index is 0. The van der Waals surface area contributed by atoms with Gasteiger partial charge in [0.15, 0.2) is 0 Å². The number of hydrogen-bond acceptors (Lipinski definition) is 3. The van der Waals surface area contributed by atoms with E-state index in [1.54, 1.807) is 20.8 Å². The number of aliphatic hydroxyl groups is 1. The van der Waals surface area contributed by atoms with Crippen LogP contribution in [0.15, 0.2) is 24.3 Å². The van der Waals surface area contributed by atoms with E-state index >= 15 is 0 Å². The number of benzene rings is 1. The Labute approximate surface area is 132 Å². The maximum atomic E-state index is 12.9. The van der Waals surface area contributed by atoms with E-state index in [-0.39, 0.29) is 12.4 Å². The highest BCUT2D eigenvalue weighted by atomic mass is 35.5. The van der Waals surface area contributed by atoms with Crippen LogP contribution in [0.2, 0.25) is 0 Å². The summed E-state index contributed by atoms with van der Waals surface area (Å²) < 4.78 is 53.9. The van der Waals surface area contributed by atoms with E-state index in [0.717, 1.165) is 12.1 Å². The van der Waals surface area contributed by atoms with E-state index in [9.17, 15) is 22.7 Å². The van der Waals surface area contributed by atoms with Crippen LogP contribution in [-0.4, -0.2) is 23.7 Å². The van der Waals surface area contributed by atoms with Gasteiger partial charge in [0.05, 0.1) is 12.1 Å². The van der Waals surface area contributed by atoms with Crippen LogP contribution in [0.1, 0.15) is 32.4 Å². The van der Waals surface area contributed by atoms with Crippen LogP contribution in [0.25, 0.3) is 0 Å². The van der Waals surface area contributed by atoms with Crippen LogP contribution in [0.5, 0.6) is 5.75 Å². The smallest absolute Gasteiger partial charge is 0.428 e. The van der Waals surface area contributed by atoms with Gasteiger partial charge in [-0.05, 0) is 23.1 Å². The first-order valence-electron chi connectivity index (χ1n) is 6.33. The first kappa shape index (κ1) is 20.9. The summed E-state index contributed by atoms with van der Waals surface area (Å²) >= 11 is 0. The zero-order valence-electron chi connectivity index (χ0n) is 12.4. The molecule has 0 saturated carbocycles. The number of nitrogens with two attached hydrogens (primary N) is 1. The second kappa shape index (κ2) is 7.48. The Hall–Kier alpha value is -1.05. The summed E-state index contributed by atoms with van der Waals surface area (Å²) in [5.74, 6) is -0.436. The third kappa shape index (κ3) is 5.30. The minimum atomic E-state index is -4.58. The predicted molar refractivity (Wildman–Crippen MR) is 77.7 cm³/mol. The van der Waals surface area contributed by atoms with Crippen molar-refractivity contribution in [1.29, 1.82) is 0 Å². The third-order valence-corrected chi connectivity index (χ3v) is 2.98. The topological polar surface area (TPSA) is 55.5 Å². The fourth-order valence-electron chi connectivity index (χ4n) is 1.71. The van der Waals surface area contributed by atoms with Crippen LogP contribution >= 0.6 is 12.4 Å². The summed E-state index contributed by atoms with van der Waals surface area (Å²) in [6.07, 6.45) is -9.45. The molecule has 0 unspecified atom stereocenters. The molecular formula is C14H20ClF4NO2. The van der Waals surface area contributed by atoms with Crippen molar-refractivity contribution in [3.8, 4) is 5.75 Å². The van der Waals surface area contributed by atoms with Crippen molar-refractivity contribution in [2.75, 3.05) is 0 Å². The van der Waals surface area contributed by atoms with Gasteiger partial charge in [-0.3, -0.25) is 0 Å². The van der Waals surface area contributed by atoms with Crippen molar-refractivity contribution >= 4 is 12.4 Å². The van der Waals surface area contributed by atoms with Crippen LogP contribution in [0, 0.1) is 5.41 Å². The quantitative estimate of drug-likeness (QED) is 0.799. The molecule has 3 N–H and O–H groups in total. The lowest BCUT2D eigenvalue weighted by molar-refractivity contribution is -0.253. The number of aliphatic hydroxyl groups excluding tert-OH is 1. The van der Waals surface area contributed by atoms with E-state index in [2.05, 4.69) is 4.74 Å². The maximum Gasteiger partial charge on any atom is 0.461 e. The molecule has 0 radical (unpaired) electrons. The fraction of sp³-hybridized carbons (Fsp3) is 0.571. The molecule has 1 rings (SSSR count). The average molecular weight is 346 g/mol. The predicted octanol–water partition coefficient (Wildman–Crippen LogP) is 3.75. The number of rotatable bonds is 5. The zero-order chi connectivity index (χ0) is 16.4. The summed E-state index contributed by atoms with van der Waals surface area (Å²) in [5, 5.41) is 10.1. The normalized spacial score (nSPS) is 15.2. The lowest BCUT2D eigenvalue weighted by Gasteiger charge is -2.31. The summed E-state index contributed by atoms with van der Waals surface area (Å²) in [6.45, 7) is 5.30. The van der Waals surface area contributed by atoms with Crippen molar-refractivity contribution < 1.29 is 27.4 Å². The molecule has 2 atom stereocenters. The van der Waals surface area contributed by atoms with Crippen molar-refractivity contribution in [3.05, 3.63) is 29.8 Å². The van der Waals surface area contributed by atoms with Crippen LogP contribution in [-0.2, 0) is 0 Å². The lowest BCUT2D eigenvalue weighted by atomic mass is 9.82. The summed E-state index contributed by atoms with van der Waals surface area (Å²) in [6, 6.07) is 4.24. The van der Waals surface area contributed by atoms with E-state index in [1.807, 2.05) is 0 Å². The Morgan fingerprint density at radius 2 is 1.73 bits per heavy atom. The van der Waals surface area contributed by atoms with Gasteiger partial charge in [-0.1, -0.05) is 32.9 Å². The van der Waals surface area contributed by atoms with Gasteiger partial charge in [0.1, 0.15) is 5.75 Å². The summed E-state index contributed by atoms with van der Waals surface area (Å²) in [4.78, 5) is 0. The van der Waals surface area contributed by atoms with Crippen LogP contribution < -0.4 is 10.5 Å². The molecule has 0 bridgehead atoms. The highest BCUT2D eigenvalue weighted by Crippen LogP contribution is 2.32. The number of hydrogen-bond donors (Lipinski definition) is 2. The Morgan fingerprint density at radius 1 is 1.18 bits per heavy atom. The molecule has 0 spiro atoms. The second-order valence-electron chi connectivity index (χ2n) is 5.87. The molecular weight excluding hydrogens is 326 g/mol. The van der Waals surface area contributed by atoms with Crippen LogP contribution in [0.3, 0.4) is 0 Å². The SMILES string of the molecule is CC(C)(C)[C@H](O)[C@H](N)c1cccc(OC(F)(F)C(F)F)c1.Cl. The fourth-order valence-corrected chi connectivity index (χ4v) is 1.71. The van der Waals surface area contributed by atoms with Crippen molar-refractivity contribution in [2.45, 2.75) is 45.5 Å². The molecule has 0 aliphatic rings. The monoisotopic (exact) mass is 345 g/mol. The van der Waals surface area contributed by atoms with Gasteiger partial charge in [0.25, 0.3) is 0 Å². The molecule has 3 nitrogen and oxygen atoms in total. The molecule has 0 heterocycles. The molecule has 0 aliphatic heterocycles. The van der Waals surface area contributed by atoms with E-state index in [0.29, 0.717) is 5.56 Å². The van der Waals surface area contributed by atoms with Crippen LogP contribution in [0.4, 0.5) is 17.6 Å². The largest absolute Gasteiger partial charge is 0.461 e. The summed E-state index contributed by atoms with van der Waals surface area (Å²) in [7, 11) is 0. The van der Waals surface area contributed by atoms with Gasteiger partial charge in [-0.15, -0.1) is 12.4 Å². The molecule has 22 heavy (non-hydrogen) atoms. The van der Waals surface area contributed by atoms with Gasteiger partial charge in [-0.25, -0.2) is 0 Å². The van der Waals surface area contributed by atoms with Gasteiger partial charge < -0.3 is 15.6 Å². The molecule has 1 aromatic carbocycles. The van der Waals surface area contributed by atoms with Gasteiger partial charge in [0.2, 0.25) is 0 Å². The van der Waals surface area contributed by atoms with Gasteiger partial charge in [-0.2, -0.15) is 17.6 Å². The molecule has 8 heteroatoms. The van der Waals surface area contributed by atoms with Crippen molar-refractivity contribution in [2.24, 2.45) is 11.1 Å². The summed E-state index contributed by atoms with van der Waals surface area (Å²) in [5.41, 5.74) is 5.67. The Morgan fingerprint density at radius 3 is 2.18 bits per heavy atom. The molecule has 0 amide bonds. The average Bonchev–Trinajstić information content (AvgIpc) is 2.35. The molecule has 128 valence electrons. The first-order chi connectivity index (χ1) is 9.45. The number of halogens is 5. The van der Waals surface area contributed by atoms with Gasteiger partial charge >= 0.3 is 12.5 Å². The Kier molecular flexibility index (Phi) is 7.12. The molecule has 0 aliphatic carbocycles. The number of alkyl halides is 4. The van der Waals surface area contributed by atoms with E-state index < -0.39 is 35.8 Å². The second-order valence-corrected chi connectivity index (χ2v) is 5.87. The first-order valence-corrected chi connectivity index (χ1v) is 6.33. The van der Waals surface area contributed by atoms with Crippen molar-refractivity contribution in [3.63, 3.8) is 0 Å². The maximum absolute atomic E-state index is 12.9. The molecule has 1 aromatic rings. The Balaban J connectivity index is 0.00000441. The standard InChI is InChI=1S/C14H19F4NO2.ClH/c1-13(2,3)11(20)10(19)8-5-4-6-9(7-8)21-14(17,18)12(15)16;/h4-7,10-12,20H,19H2,1-3H3;1H/t10-,11-;/m1./s1. The number of ether oxygens (including phenoxy) is 1. The van der Waals surface area contributed by atoms with E-state index in [1.165, 1.54) is 12.1 Å². The lowest BCUT2D eigenvalue weighted by Crippen LogP contribution is -2.37. The minimum Gasteiger partial charge on any atom is -0.428 e. The molecule has 0 saturated heterocycles. The van der Waals surface area contributed by atoms with Gasteiger partial charge in [0, 0.05) is 0 Å².